The number of ether oxygens (including phenoxy) is 3. The van der Waals surface area contributed by atoms with Crippen LogP contribution in [0, 0.1) is 13.8 Å². The molecule has 0 N–H and O–H groups in total. The normalized spacial score (nSPS) is 12.9. The van der Waals surface area contributed by atoms with Crippen molar-refractivity contribution in [3.63, 3.8) is 0 Å². The van der Waals surface area contributed by atoms with E-state index in [1.807, 2.05) is 44.2 Å². The Labute approximate surface area is 153 Å². The first-order valence-corrected chi connectivity index (χ1v) is 8.50. The number of likely N-dealkylation sites (N-methyl/N-ethyl adjacent to an activating group) is 1. The zero-order chi connectivity index (χ0) is 18.7. The maximum absolute atomic E-state index is 12.6. The fraction of sp³-hybridized carbons (Fsp3) is 0.286. The third kappa shape index (κ3) is 3.67. The van der Waals surface area contributed by atoms with Crippen LogP contribution in [0.4, 0.5) is 5.69 Å². The molecule has 136 valence electrons. The molecule has 5 nitrogen and oxygen atoms in total. The molecule has 26 heavy (non-hydrogen) atoms. The summed E-state index contributed by atoms with van der Waals surface area (Å²) in [6, 6.07) is 9.74. The highest BCUT2D eigenvalue weighted by molar-refractivity contribution is 6.04. The second-order valence-electron chi connectivity index (χ2n) is 6.27. The van der Waals surface area contributed by atoms with Crippen LogP contribution in [0.1, 0.15) is 16.7 Å². The Kier molecular flexibility index (Phi) is 5.16. The van der Waals surface area contributed by atoms with Gasteiger partial charge in [0, 0.05) is 18.8 Å². The van der Waals surface area contributed by atoms with E-state index >= 15 is 0 Å². The lowest BCUT2D eigenvalue weighted by Crippen LogP contribution is -2.24. The van der Waals surface area contributed by atoms with Crippen LogP contribution in [-0.2, 0) is 4.79 Å². The number of methoxy groups -OCH3 is 1. The van der Waals surface area contributed by atoms with Crippen molar-refractivity contribution in [1.82, 2.24) is 0 Å². The van der Waals surface area contributed by atoms with E-state index in [2.05, 4.69) is 0 Å². The quantitative estimate of drug-likeness (QED) is 0.785. The summed E-state index contributed by atoms with van der Waals surface area (Å²) < 4.78 is 16.6. The van der Waals surface area contributed by atoms with Gasteiger partial charge in [0.2, 0.25) is 5.75 Å². The number of aryl methyl sites for hydroxylation is 2. The average Bonchev–Trinajstić information content (AvgIpc) is 2.66. The van der Waals surface area contributed by atoms with Gasteiger partial charge in [-0.25, -0.2) is 0 Å². The molecule has 2 aromatic carbocycles. The first kappa shape index (κ1) is 17.9. The molecule has 0 saturated carbocycles. The second-order valence-corrected chi connectivity index (χ2v) is 6.27. The molecule has 1 amide bonds. The van der Waals surface area contributed by atoms with Gasteiger partial charge in [0.1, 0.15) is 13.2 Å². The molecule has 0 fully saturated rings. The van der Waals surface area contributed by atoms with Crippen molar-refractivity contribution < 1.29 is 19.0 Å². The lowest BCUT2D eigenvalue weighted by Gasteiger charge is -2.21. The summed E-state index contributed by atoms with van der Waals surface area (Å²) in [5, 5.41) is 0. The van der Waals surface area contributed by atoms with Gasteiger partial charge >= 0.3 is 0 Å². The molecule has 5 heteroatoms. The van der Waals surface area contributed by atoms with E-state index in [4.69, 9.17) is 14.2 Å². The van der Waals surface area contributed by atoms with Crippen molar-refractivity contribution in [3.8, 4) is 17.2 Å². The van der Waals surface area contributed by atoms with E-state index in [0.717, 1.165) is 22.4 Å². The van der Waals surface area contributed by atoms with Crippen LogP contribution in [0.2, 0.25) is 0 Å². The molecule has 3 rings (SSSR count). The number of nitrogens with zero attached hydrogens (tertiary/aromatic N) is 1. The minimum atomic E-state index is -0.104. The highest BCUT2D eigenvalue weighted by atomic mass is 16.6. The highest BCUT2D eigenvalue weighted by Gasteiger charge is 2.18. The SMILES string of the molecule is COc1cc(/C=C/C(=O)N(C)c2cc(C)ccc2C)cc2c1OCCO2. The van der Waals surface area contributed by atoms with Gasteiger partial charge in [0.25, 0.3) is 5.91 Å². The molecule has 0 saturated heterocycles. The van der Waals surface area contributed by atoms with Crippen molar-refractivity contribution >= 4 is 17.7 Å². The molecule has 2 aromatic rings. The molecule has 0 unspecified atom stereocenters. The van der Waals surface area contributed by atoms with Gasteiger partial charge in [-0.1, -0.05) is 12.1 Å². The van der Waals surface area contributed by atoms with Crippen LogP contribution in [-0.4, -0.2) is 33.3 Å². The van der Waals surface area contributed by atoms with Gasteiger partial charge in [-0.15, -0.1) is 0 Å². The summed E-state index contributed by atoms with van der Waals surface area (Å²) >= 11 is 0. The van der Waals surface area contributed by atoms with Crippen LogP contribution < -0.4 is 19.1 Å². The Balaban J connectivity index is 1.83. The molecule has 0 atom stereocenters. The van der Waals surface area contributed by atoms with E-state index in [-0.39, 0.29) is 5.91 Å². The molecule has 0 aromatic heterocycles. The minimum Gasteiger partial charge on any atom is -0.493 e. The molecule has 0 bridgehead atoms. The standard InChI is InChI=1S/C21H23NO4/c1-14-5-6-15(2)17(11-14)22(3)20(23)8-7-16-12-18(24-4)21-19(13-16)25-9-10-26-21/h5-8,11-13H,9-10H2,1-4H3/b8-7+. The van der Waals surface area contributed by atoms with Gasteiger partial charge < -0.3 is 19.1 Å². The Morgan fingerprint density at radius 1 is 1.15 bits per heavy atom. The van der Waals surface area contributed by atoms with E-state index in [1.54, 1.807) is 31.2 Å². The first-order chi connectivity index (χ1) is 12.5. The minimum absolute atomic E-state index is 0.104. The average molecular weight is 353 g/mol. The predicted molar refractivity (Wildman–Crippen MR) is 102 cm³/mol. The highest BCUT2D eigenvalue weighted by Crippen LogP contribution is 2.40. The van der Waals surface area contributed by atoms with E-state index < -0.39 is 0 Å². The van der Waals surface area contributed by atoms with Crippen molar-refractivity contribution in [2.24, 2.45) is 0 Å². The molecule has 0 aliphatic carbocycles. The summed E-state index contributed by atoms with van der Waals surface area (Å²) in [5.74, 6) is 1.73. The Morgan fingerprint density at radius 3 is 2.69 bits per heavy atom. The fourth-order valence-electron chi connectivity index (χ4n) is 2.87. The molecule has 1 aliphatic rings. The smallest absolute Gasteiger partial charge is 0.250 e. The summed E-state index contributed by atoms with van der Waals surface area (Å²) in [5.41, 5.74) is 3.89. The van der Waals surface area contributed by atoms with Crippen LogP contribution >= 0.6 is 0 Å². The van der Waals surface area contributed by atoms with Gasteiger partial charge in [0.05, 0.1) is 7.11 Å². The maximum atomic E-state index is 12.6. The van der Waals surface area contributed by atoms with Crippen LogP contribution in [0.3, 0.4) is 0 Å². The number of amides is 1. The number of benzene rings is 2. The van der Waals surface area contributed by atoms with Crippen LogP contribution in [0.15, 0.2) is 36.4 Å². The predicted octanol–water partition coefficient (Wildman–Crippen LogP) is 3.76. The Morgan fingerprint density at radius 2 is 1.92 bits per heavy atom. The van der Waals surface area contributed by atoms with Crippen molar-refractivity contribution in [1.29, 1.82) is 0 Å². The number of rotatable bonds is 4. The largest absolute Gasteiger partial charge is 0.493 e. The molecule has 0 spiro atoms. The molecule has 0 radical (unpaired) electrons. The molecule has 1 heterocycles. The second kappa shape index (κ2) is 7.52. The topological polar surface area (TPSA) is 48.0 Å². The zero-order valence-electron chi connectivity index (χ0n) is 15.5. The zero-order valence-corrected chi connectivity index (χ0v) is 15.5. The Bertz CT molecular complexity index is 840. The van der Waals surface area contributed by atoms with E-state index in [1.165, 1.54) is 0 Å². The number of fused-ring (bicyclic) bond motifs is 1. The third-order valence-corrected chi connectivity index (χ3v) is 4.33. The van der Waals surface area contributed by atoms with Gasteiger partial charge in [0.15, 0.2) is 11.5 Å². The summed E-state index contributed by atoms with van der Waals surface area (Å²) in [4.78, 5) is 14.2. The van der Waals surface area contributed by atoms with Crippen molar-refractivity contribution in [2.75, 3.05) is 32.3 Å². The van der Waals surface area contributed by atoms with Gasteiger partial charge in [-0.05, 0) is 54.8 Å². The first-order valence-electron chi connectivity index (χ1n) is 8.50. The van der Waals surface area contributed by atoms with E-state index in [9.17, 15) is 4.79 Å². The lowest BCUT2D eigenvalue weighted by atomic mass is 10.1. The number of anilines is 1. The van der Waals surface area contributed by atoms with Crippen molar-refractivity contribution in [2.45, 2.75) is 13.8 Å². The fourth-order valence-corrected chi connectivity index (χ4v) is 2.87. The number of carbonyl (C=O) groups is 1. The number of hydrogen-bond donors (Lipinski definition) is 0. The maximum Gasteiger partial charge on any atom is 0.250 e. The third-order valence-electron chi connectivity index (χ3n) is 4.33. The van der Waals surface area contributed by atoms with Gasteiger partial charge in [-0.3, -0.25) is 4.79 Å². The van der Waals surface area contributed by atoms with E-state index in [0.29, 0.717) is 30.5 Å². The molecular weight excluding hydrogens is 330 g/mol. The number of carbonyl (C=O) groups excluding carboxylic acids is 1. The lowest BCUT2D eigenvalue weighted by molar-refractivity contribution is -0.113. The monoisotopic (exact) mass is 353 g/mol. The molecular formula is C21H23NO4. The number of hydrogen-bond acceptors (Lipinski definition) is 4. The van der Waals surface area contributed by atoms with Crippen LogP contribution in [0.5, 0.6) is 17.2 Å². The van der Waals surface area contributed by atoms with Crippen LogP contribution in [0.25, 0.3) is 6.08 Å². The summed E-state index contributed by atoms with van der Waals surface area (Å²) in [6.45, 7) is 5.00. The summed E-state index contributed by atoms with van der Waals surface area (Å²) in [6.07, 6.45) is 3.30. The Hall–Kier alpha value is -2.95. The van der Waals surface area contributed by atoms with Crippen molar-refractivity contribution in [3.05, 3.63) is 53.1 Å². The molecule has 1 aliphatic heterocycles. The summed E-state index contributed by atoms with van der Waals surface area (Å²) in [7, 11) is 3.36. The van der Waals surface area contributed by atoms with Gasteiger partial charge in [-0.2, -0.15) is 0 Å².